The first-order chi connectivity index (χ1) is 15.6. The summed E-state index contributed by atoms with van der Waals surface area (Å²) in [4.78, 5) is 29.5. The van der Waals surface area contributed by atoms with Crippen LogP contribution in [0.1, 0.15) is 24.8 Å². The summed E-state index contributed by atoms with van der Waals surface area (Å²) in [6.07, 6.45) is 3.44. The van der Waals surface area contributed by atoms with Crippen LogP contribution in [0.4, 0.5) is 21.9 Å². The number of nitrogens with one attached hydrogen (secondary N) is 2. The van der Waals surface area contributed by atoms with Gasteiger partial charge in [0.1, 0.15) is 0 Å². The van der Waals surface area contributed by atoms with Gasteiger partial charge in [0.05, 0.1) is 0 Å². The monoisotopic (exact) mass is 436 g/mol. The maximum atomic E-state index is 12.8. The van der Waals surface area contributed by atoms with E-state index in [1.165, 1.54) is 11.3 Å². The number of urea groups is 1. The van der Waals surface area contributed by atoms with Crippen molar-refractivity contribution in [3.63, 3.8) is 0 Å². The topological polar surface area (TPSA) is 83.1 Å². The van der Waals surface area contributed by atoms with Gasteiger partial charge < -0.3 is 29.9 Å². The van der Waals surface area contributed by atoms with Crippen molar-refractivity contribution in [2.45, 2.75) is 25.7 Å². The van der Waals surface area contributed by atoms with Gasteiger partial charge >= 0.3 is 6.03 Å². The average Bonchev–Trinajstić information content (AvgIpc) is 3.27. The van der Waals surface area contributed by atoms with Gasteiger partial charge in [0.25, 0.3) is 0 Å². The number of anilines is 3. The number of nitrogens with zero attached hydrogens (tertiary/aromatic N) is 2. The van der Waals surface area contributed by atoms with Gasteiger partial charge in [-0.2, -0.15) is 0 Å². The van der Waals surface area contributed by atoms with Crippen molar-refractivity contribution in [2.75, 3.05) is 49.0 Å². The molecule has 0 atom stereocenters. The summed E-state index contributed by atoms with van der Waals surface area (Å²) in [5.41, 5.74) is 4.03. The molecule has 2 N–H and O–H groups in total. The Labute approximate surface area is 187 Å². The molecule has 1 saturated heterocycles. The largest absolute Gasteiger partial charge is 0.454 e. The average molecular weight is 437 g/mol. The molecule has 3 amide bonds. The van der Waals surface area contributed by atoms with Crippen molar-refractivity contribution in [3.8, 4) is 11.5 Å². The number of benzene rings is 2. The fraction of sp³-hybridized carbons (Fsp3) is 0.417. The van der Waals surface area contributed by atoms with E-state index in [4.69, 9.17) is 9.47 Å². The Hall–Kier alpha value is -3.42. The zero-order chi connectivity index (χ0) is 22.1. The van der Waals surface area contributed by atoms with Gasteiger partial charge in [-0.15, -0.1) is 0 Å². The van der Waals surface area contributed by atoms with Gasteiger partial charge in [0.15, 0.2) is 11.5 Å². The number of carbonyl (C=O) groups is 2. The molecule has 2 aromatic carbocycles. The Balaban J connectivity index is 1.13. The molecule has 5 rings (SSSR count). The molecule has 1 fully saturated rings. The van der Waals surface area contributed by atoms with Gasteiger partial charge in [-0.3, -0.25) is 4.79 Å². The number of ether oxygens (including phenoxy) is 2. The number of rotatable bonds is 3. The van der Waals surface area contributed by atoms with Crippen molar-refractivity contribution < 1.29 is 19.1 Å². The normalized spacial score (nSPS) is 17.7. The van der Waals surface area contributed by atoms with E-state index >= 15 is 0 Å². The molecule has 168 valence electrons. The van der Waals surface area contributed by atoms with Gasteiger partial charge in [-0.25, -0.2) is 4.79 Å². The number of piperidine rings is 1. The van der Waals surface area contributed by atoms with Gasteiger partial charge in [-0.05, 0) is 61.6 Å². The van der Waals surface area contributed by atoms with E-state index in [0.29, 0.717) is 43.1 Å². The first kappa shape index (κ1) is 20.5. The highest BCUT2D eigenvalue weighted by molar-refractivity contribution is 5.93. The van der Waals surface area contributed by atoms with E-state index in [0.717, 1.165) is 25.1 Å². The highest BCUT2D eigenvalue weighted by Crippen LogP contribution is 2.34. The second-order valence-corrected chi connectivity index (χ2v) is 8.62. The van der Waals surface area contributed by atoms with Crippen LogP contribution in [0.3, 0.4) is 0 Å². The maximum absolute atomic E-state index is 12.8. The molecule has 3 aliphatic rings. The summed E-state index contributed by atoms with van der Waals surface area (Å²) in [6.45, 7) is 2.38. The molecule has 3 heterocycles. The Morgan fingerprint density at radius 2 is 1.69 bits per heavy atom. The van der Waals surface area contributed by atoms with E-state index in [2.05, 4.69) is 34.7 Å². The summed E-state index contributed by atoms with van der Waals surface area (Å²) in [5.74, 6) is 1.18. The van der Waals surface area contributed by atoms with Crippen molar-refractivity contribution in [3.05, 3.63) is 42.0 Å². The third-order valence-corrected chi connectivity index (χ3v) is 6.47. The van der Waals surface area contributed by atoms with Crippen LogP contribution in [0, 0.1) is 5.92 Å². The maximum Gasteiger partial charge on any atom is 0.321 e. The molecule has 0 radical (unpaired) electrons. The Bertz CT molecular complexity index is 1030. The Kier molecular flexibility index (Phi) is 5.51. The molecule has 2 aromatic rings. The number of carbonyl (C=O) groups excluding carboxylic acids is 2. The molecule has 3 aliphatic heterocycles. The summed E-state index contributed by atoms with van der Waals surface area (Å²) in [7, 11) is 2.10. The molecule has 32 heavy (non-hydrogen) atoms. The number of fused-ring (bicyclic) bond motifs is 2. The summed E-state index contributed by atoms with van der Waals surface area (Å²) >= 11 is 0. The predicted molar refractivity (Wildman–Crippen MR) is 123 cm³/mol. The van der Waals surface area contributed by atoms with E-state index < -0.39 is 0 Å². The van der Waals surface area contributed by atoms with E-state index in [1.54, 1.807) is 17.0 Å². The standard InChI is InChI=1S/C24H28N4O4/c1-27-10-2-3-17-13-18(4-6-20(17)27)26-24(30)28-11-8-16(9-12-28)23(29)25-19-5-7-21-22(14-19)32-15-31-21/h4-7,13-14,16H,2-3,8-12,15H2,1H3,(H,25,29)(H,26,30). The lowest BCUT2D eigenvalue weighted by molar-refractivity contribution is -0.121. The van der Waals surface area contributed by atoms with E-state index in [-0.39, 0.29) is 24.6 Å². The summed E-state index contributed by atoms with van der Waals surface area (Å²) in [5, 5.41) is 5.99. The molecule has 0 unspecified atom stereocenters. The van der Waals surface area contributed by atoms with Crippen LogP contribution in [0.15, 0.2) is 36.4 Å². The molecular formula is C24H28N4O4. The first-order valence-corrected chi connectivity index (χ1v) is 11.2. The van der Waals surface area contributed by atoms with E-state index in [1.807, 2.05) is 12.1 Å². The third kappa shape index (κ3) is 4.17. The number of hydrogen-bond donors (Lipinski definition) is 2. The molecule has 0 aliphatic carbocycles. The highest BCUT2D eigenvalue weighted by Gasteiger charge is 2.28. The predicted octanol–water partition coefficient (Wildman–Crippen LogP) is 3.68. The number of hydrogen-bond acceptors (Lipinski definition) is 5. The SMILES string of the molecule is CN1CCCc2cc(NC(=O)N3CCC(C(=O)Nc4ccc5c(c4)OCO5)CC3)ccc21. The highest BCUT2D eigenvalue weighted by atomic mass is 16.7. The number of amides is 3. The quantitative estimate of drug-likeness (QED) is 0.767. The van der Waals surface area contributed by atoms with Crippen LogP contribution in [0.2, 0.25) is 0 Å². The van der Waals surface area contributed by atoms with Gasteiger partial charge in [0.2, 0.25) is 12.7 Å². The third-order valence-electron chi connectivity index (χ3n) is 6.47. The fourth-order valence-corrected chi connectivity index (χ4v) is 4.63. The molecule has 0 saturated carbocycles. The lowest BCUT2D eigenvalue weighted by Crippen LogP contribution is -2.43. The minimum atomic E-state index is -0.122. The summed E-state index contributed by atoms with van der Waals surface area (Å²) < 4.78 is 10.7. The molecule has 8 nitrogen and oxygen atoms in total. The van der Waals surface area contributed by atoms with Crippen molar-refractivity contribution in [2.24, 2.45) is 5.92 Å². The van der Waals surface area contributed by atoms with Gasteiger partial charge in [-0.1, -0.05) is 0 Å². The molecular weight excluding hydrogens is 408 g/mol. The molecule has 0 spiro atoms. The van der Waals surface area contributed by atoms with E-state index in [9.17, 15) is 9.59 Å². The van der Waals surface area contributed by atoms with Crippen LogP contribution in [0.25, 0.3) is 0 Å². The number of likely N-dealkylation sites (tertiary alicyclic amines) is 1. The molecule has 0 bridgehead atoms. The van der Waals surface area contributed by atoms with Gasteiger partial charge in [0, 0.05) is 55.7 Å². The van der Waals surface area contributed by atoms with Crippen LogP contribution >= 0.6 is 0 Å². The second kappa shape index (κ2) is 8.61. The van der Waals surface area contributed by atoms with Crippen molar-refractivity contribution in [1.29, 1.82) is 0 Å². The fourth-order valence-electron chi connectivity index (χ4n) is 4.63. The zero-order valence-electron chi connectivity index (χ0n) is 18.2. The number of aryl methyl sites for hydroxylation is 1. The first-order valence-electron chi connectivity index (χ1n) is 11.2. The lowest BCUT2D eigenvalue weighted by Gasteiger charge is -2.32. The van der Waals surface area contributed by atoms with Crippen LogP contribution in [-0.4, -0.2) is 50.3 Å². The van der Waals surface area contributed by atoms with Crippen LogP contribution in [-0.2, 0) is 11.2 Å². The molecule has 0 aromatic heterocycles. The Morgan fingerprint density at radius 1 is 0.938 bits per heavy atom. The lowest BCUT2D eigenvalue weighted by atomic mass is 9.96. The van der Waals surface area contributed by atoms with Crippen molar-refractivity contribution >= 4 is 29.0 Å². The molecule has 8 heteroatoms. The zero-order valence-corrected chi connectivity index (χ0v) is 18.2. The van der Waals surface area contributed by atoms with Crippen molar-refractivity contribution in [1.82, 2.24) is 4.90 Å². The van der Waals surface area contributed by atoms with Crippen LogP contribution < -0.4 is 25.0 Å². The Morgan fingerprint density at radius 3 is 2.53 bits per heavy atom. The summed E-state index contributed by atoms with van der Waals surface area (Å²) in [6, 6.07) is 11.4. The second-order valence-electron chi connectivity index (χ2n) is 8.62. The smallest absolute Gasteiger partial charge is 0.321 e. The van der Waals surface area contributed by atoms with Crippen LogP contribution in [0.5, 0.6) is 11.5 Å². The minimum absolute atomic E-state index is 0.0252. The minimum Gasteiger partial charge on any atom is -0.454 e.